The summed E-state index contributed by atoms with van der Waals surface area (Å²) in [7, 11) is 0. The molecule has 3 unspecified atom stereocenters. The Hall–Kier alpha value is -0.860. The van der Waals surface area contributed by atoms with Crippen molar-refractivity contribution in [3.05, 3.63) is 35.9 Å². The van der Waals surface area contributed by atoms with Crippen LogP contribution in [-0.2, 0) is 5.41 Å². The third-order valence-electron chi connectivity index (χ3n) is 5.01. The summed E-state index contributed by atoms with van der Waals surface area (Å²) in [6.45, 7) is 7.26. The lowest BCUT2D eigenvalue weighted by atomic mass is 9.78. The Morgan fingerprint density at radius 2 is 1.86 bits per heavy atom. The number of benzene rings is 1. The minimum absolute atomic E-state index is 0.178. The van der Waals surface area contributed by atoms with E-state index in [0.717, 1.165) is 6.42 Å². The highest BCUT2D eigenvalue weighted by Crippen LogP contribution is 2.30. The smallest absolute Gasteiger partial charge is 0.0474 e. The van der Waals surface area contributed by atoms with Crippen LogP contribution in [0, 0.1) is 5.92 Å². The van der Waals surface area contributed by atoms with Gasteiger partial charge in [0.15, 0.2) is 0 Å². The normalized spacial score (nSPS) is 24.8. The zero-order chi connectivity index (χ0) is 15.3. The molecule has 0 heterocycles. The van der Waals surface area contributed by atoms with Crippen LogP contribution >= 0.6 is 0 Å². The number of hydrogen-bond donors (Lipinski definition) is 2. The summed E-state index contributed by atoms with van der Waals surface area (Å²) in [5.74, 6) is 0.445. The van der Waals surface area contributed by atoms with Crippen molar-refractivity contribution in [1.82, 2.24) is 5.32 Å². The van der Waals surface area contributed by atoms with Crippen molar-refractivity contribution in [1.29, 1.82) is 0 Å². The predicted molar refractivity (Wildman–Crippen MR) is 89.5 cm³/mol. The highest BCUT2D eigenvalue weighted by Gasteiger charge is 2.28. The Bertz CT molecular complexity index is 415. The number of hydrogen-bond acceptors (Lipinski definition) is 2. The van der Waals surface area contributed by atoms with Crippen LogP contribution in [0.2, 0.25) is 0 Å². The van der Waals surface area contributed by atoms with E-state index in [-0.39, 0.29) is 5.41 Å². The fourth-order valence-corrected chi connectivity index (χ4v) is 3.84. The first kappa shape index (κ1) is 16.5. The maximum atomic E-state index is 9.54. The quantitative estimate of drug-likeness (QED) is 0.833. The zero-order valence-electron chi connectivity index (χ0n) is 13.8. The number of aliphatic hydroxyl groups excluding tert-OH is 1. The van der Waals surface area contributed by atoms with Crippen LogP contribution < -0.4 is 5.32 Å². The van der Waals surface area contributed by atoms with Gasteiger partial charge in [0.2, 0.25) is 0 Å². The lowest BCUT2D eigenvalue weighted by molar-refractivity contribution is 0.144. The Kier molecular flexibility index (Phi) is 5.83. The molecule has 1 fully saturated rings. The molecule has 0 bridgehead atoms. The SMILES string of the molecule is CC(CC(C)(C)c1ccccc1)NC1CCCCC1CO. The standard InChI is InChI=1S/C19H31NO/c1-15(20-18-12-8-7-9-16(18)14-21)13-19(2,3)17-10-5-4-6-11-17/h4-6,10-11,15-16,18,20-21H,7-9,12-14H2,1-3H3. The largest absolute Gasteiger partial charge is 0.396 e. The monoisotopic (exact) mass is 289 g/mol. The molecule has 1 aliphatic rings. The van der Waals surface area contributed by atoms with Crippen LogP contribution in [0.5, 0.6) is 0 Å². The van der Waals surface area contributed by atoms with Gasteiger partial charge in [-0.15, -0.1) is 0 Å². The molecule has 0 amide bonds. The van der Waals surface area contributed by atoms with Gasteiger partial charge < -0.3 is 10.4 Å². The first-order chi connectivity index (χ1) is 10.0. The molecule has 0 radical (unpaired) electrons. The maximum Gasteiger partial charge on any atom is 0.0474 e. The maximum absolute atomic E-state index is 9.54. The molecule has 2 N–H and O–H groups in total. The minimum atomic E-state index is 0.178. The molecular formula is C19H31NO. The average Bonchev–Trinajstić information content (AvgIpc) is 2.48. The van der Waals surface area contributed by atoms with Crippen LogP contribution in [0.3, 0.4) is 0 Å². The molecule has 1 saturated carbocycles. The topological polar surface area (TPSA) is 32.3 Å². The van der Waals surface area contributed by atoms with Gasteiger partial charge in [-0.25, -0.2) is 0 Å². The molecule has 21 heavy (non-hydrogen) atoms. The minimum Gasteiger partial charge on any atom is -0.396 e. The fraction of sp³-hybridized carbons (Fsp3) is 0.684. The highest BCUT2D eigenvalue weighted by atomic mass is 16.3. The first-order valence-corrected chi connectivity index (χ1v) is 8.45. The first-order valence-electron chi connectivity index (χ1n) is 8.45. The molecule has 3 atom stereocenters. The van der Waals surface area contributed by atoms with Gasteiger partial charge in [-0.3, -0.25) is 0 Å². The van der Waals surface area contributed by atoms with E-state index in [1.165, 1.54) is 31.2 Å². The molecule has 118 valence electrons. The van der Waals surface area contributed by atoms with Gasteiger partial charge in [-0.1, -0.05) is 57.0 Å². The molecule has 1 aromatic rings. The summed E-state index contributed by atoms with van der Waals surface area (Å²) < 4.78 is 0. The van der Waals surface area contributed by atoms with E-state index in [4.69, 9.17) is 0 Å². The summed E-state index contributed by atoms with van der Waals surface area (Å²) in [6, 6.07) is 11.7. The molecule has 2 nitrogen and oxygen atoms in total. The summed E-state index contributed by atoms with van der Waals surface area (Å²) in [5.41, 5.74) is 1.58. The van der Waals surface area contributed by atoms with Gasteiger partial charge in [0.05, 0.1) is 0 Å². The van der Waals surface area contributed by atoms with E-state index in [0.29, 0.717) is 24.6 Å². The third kappa shape index (κ3) is 4.55. The fourth-order valence-electron chi connectivity index (χ4n) is 3.84. The van der Waals surface area contributed by atoms with Gasteiger partial charge >= 0.3 is 0 Å². The summed E-state index contributed by atoms with van der Waals surface area (Å²) in [5, 5.41) is 13.3. The lowest BCUT2D eigenvalue weighted by Gasteiger charge is -2.36. The average molecular weight is 289 g/mol. The summed E-state index contributed by atoms with van der Waals surface area (Å²) in [4.78, 5) is 0. The van der Waals surface area contributed by atoms with Crippen LogP contribution in [0.25, 0.3) is 0 Å². The Balaban J connectivity index is 1.93. The Morgan fingerprint density at radius 1 is 1.19 bits per heavy atom. The van der Waals surface area contributed by atoms with Crippen molar-refractivity contribution in [2.75, 3.05) is 6.61 Å². The van der Waals surface area contributed by atoms with Crippen molar-refractivity contribution in [3.8, 4) is 0 Å². The van der Waals surface area contributed by atoms with Crippen molar-refractivity contribution >= 4 is 0 Å². The van der Waals surface area contributed by atoms with E-state index in [1.807, 2.05) is 0 Å². The number of rotatable bonds is 6. The van der Waals surface area contributed by atoms with Crippen LogP contribution in [0.15, 0.2) is 30.3 Å². The van der Waals surface area contributed by atoms with Gasteiger partial charge in [-0.05, 0) is 43.1 Å². The predicted octanol–water partition coefficient (Wildman–Crippen LogP) is 3.88. The van der Waals surface area contributed by atoms with Crippen molar-refractivity contribution < 1.29 is 5.11 Å². The van der Waals surface area contributed by atoms with Gasteiger partial charge in [0.1, 0.15) is 0 Å². The van der Waals surface area contributed by atoms with E-state index in [2.05, 4.69) is 56.4 Å². The molecule has 0 saturated heterocycles. The Labute approximate surface area is 130 Å². The molecular weight excluding hydrogens is 258 g/mol. The second-order valence-corrected chi connectivity index (χ2v) is 7.36. The zero-order valence-corrected chi connectivity index (χ0v) is 13.8. The second-order valence-electron chi connectivity index (χ2n) is 7.36. The molecule has 1 aromatic carbocycles. The molecule has 0 spiro atoms. The van der Waals surface area contributed by atoms with Gasteiger partial charge in [-0.2, -0.15) is 0 Å². The lowest BCUT2D eigenvalue weighted by Crippen LogP contribution is -2.46. The molecule has 2 heteroatoms. The second kappa shape index (κ2) is 7.42. The van der Waals surface area contributed by atoms with E-state index in [1.54, 1.807) is 0 Å². The van der Waals surface area contributed by atoms with Crippen molar-refractivity contribution in [2.45, 2.75) is 70.4 Å². The molecule has 1 aliphatic carbocycles. The summed E-state index contributed by atoms with van der Waals surface area (Å²) in [6.07, 6.45) is 6.06. The van der Waals surface area contributed by atoms with E-state index in [9.17, 15) is 5.11 Å². The molecule has 0 aliphatic heterocycles. The molecule has 2 rings (SSSR count). The van der Waals surface area contributed by atoms with Crippen LogP contribution in [-0.4, -0.2) is 23.8 Å². The van der Waals surface area contributed by atoms with Crippen LogP contribution in [0.1, 0.15) is 58.4 Å². The summed E-state index contributed by atoms with van der Waals surface area (Å²) >= 11 is 0. The van der Waals surface area contributed by atoms with Crippen molar-refractivity contribution in [3.63, 3.8) is 0 Å². The van der Waals surface area contributed by atoms with Gasteiger partial charge in [0, 0.05) is 18.7 Å². The van der Waals surface area contributed by atoms with Gasteiger partial charge in [0.25, 0.3) is 0 Å². The number of aliphatic hydroxyl groups is 1. The van der Waals surface area contributed by atoms with E-state index < -0.39 is 0 Å². The third-order valence-corrected chi connectivity index (χ3v) is 5.01. The highest BCUT2D eigenvalue weighted by molar-refractivity contribution is 5.23. The van der Waals surface area contributed by atoms with Crippen LogP contribution in [0.4, 0.5) is 0 Å². The molecule has 0 aromatic heterocycles. The Morgan fingerprint density at radius 3 is 2.52 bits per heavy atom. The number of nitrogens with one attached hydrogen (secondary N) is 1. The van der Waals surface area contributed by atoms with E-state index >= 15 is 0 Å². The van der Waals surface area contributed by atoms with Crippen molar-refractivity contribution in [2.24, 2.45) is 5.92 Å².